The first-order valence-corrected chi connectivity index (χ1v) is 5.11. The van der Waals surface area contributed by atoms with Gasteiger partial charge in [-0.1, -0.05) is 12.1 Å². The van der Waals surface area contributed by atoms with Gasteiger partial charge in [0.05, 0.1) is 5.56 Å². The highest BCUT2D eigenvalue weighted by molar-refractivity contribution is 5.70. The Bertz CT molecular complexity index is 614. The smallest absolute Gasteiger partial charge is 0.133 e. The largest absolute Gasteiger partial charge is 0.507 e. The first kappa shape index (κ1) is 11.2. The Morgan fingerprint density at radius 1 is 1.18 bits per heavy atom. The molecule has 2 rings (SSSR count). The van der Waals surface area contributed by atoms with Gasteiger partial charge >= 0.3 is 0 Å². The molecular formula is C14H10FNO. The quantitative estimate of drug-likeness (QED) is 0.811. The minimum absolute atomic E-state index is 0.0892. The molecule has 0 amide bonds. The van der Waals surface area contributed by atoms with Gasteiger partial charge in [-0.25, -0.2) is 4.39 Å². The lowest BCUT2D eigenvalue weighted by molar-refractivity contribution is 0.474. The molecule has 0 unspecified atom stereocenters. The van der Waals surface area contributed by atoms with Crippen LogP contribution in [-0.4, -0.2) is 5.11 Å². The average molecular weight is 227 g/mol. The van der Waals surface area contributed by atoms with Crippen LogP contribution < -0.4 is 0 Å². The number of aryl methyl sites for hydroxylation is 1. The molecule has 0 saturated heterocycles. The highest BCUT2D eigenvalue weighted by Gasteiger charge is 2.07. The summed E-state index contributed by atoms with van der Waals surface area (Å²) >= 11 is 0. The molecule has 1 N–H and O–H groups in total. The fraction of sp³-hybridized carbons (Fsp3) is 0.0714. The number of nitriles is 1. The number of rotatable bonds is 1. The number of halogens is 1. The summed E-state index contributed by atoms with van der Waals surface area (Å²) in [6, 6.07) is 11.1. The van der Waals surface area contributed by atoms with Crippen molar-refractivity contribution in [3.63, 3.8) is 0 Å². The molecule has 2 aromatic rings. The normalized spacial score (nSPS) is 9.94. The number of nitrogens with zero attached hydrogens (tertiary/aromatic N) is 1. The van der Waals surface area contributed by atoms with Crippen molar-refractivity contribution in [1.29, 1.82) is 5.26 Å². The van der Waals surface area contributed by atoms with Crippen molar-refractivity contribution in [1.82, 2.24) is 0 Å². The zero-order valence-electron chi connectivity index (χ0n) is 9.24. The van der Waals surface area contributed by atoms with Crippen molar-refractivity contribution in [2.45, 2.75) is 6.92 Å². The standard InChI is InChI=1S/C14H10FNO/c1-9-2-5-12(15)7-13(9)10-3-4-11(8-16)14(17)6-10/h2-7,17H,1H3. The van der Waals surface area contributed by atoms with E-state index in [2.05, 4.69) is 0 Å². The van der Waals surface area contributed by atoms with Gasteiger partial charge < -0.3 is 5.11 Å². The van der Waals surface area contributed by atoms with Crippen LogP contribution in [0.1, 0.15) is 11.1 Å². The summed E-state index contributed by atoms with van der Waals surface area (Å²) in [7, 11) is 0. The Kier molecular flexibility index (Phi) is 2.80. The van der Waals surface area contributed by atoms with Crippen molar-refractivity contribution in [2.75, 3.05) is 0 Å². The molecule has 84 valence electrons. The molecule has 2 aromatic carbocycles. The van der Waals surface area contributed by atoms with E-state index < -0.39 is 0 Å². The van der Waals surface area contributed by atoms with Crippen LogP contribution in [0.2, 0.25) is 0 Å². The van der Waals surface area contributed by atoms with E-state index in [0.29, 0.717) is 11.1 Å². The van der Waals surface area contributed by atoms with Gasteiger partial charge in [0, 0.05) is 0 Å². The van der Waals surface area contributed by atoms with Crippen LogP contribution in [0.15, 0.2) is 36.4 Å². The minimum atomic E-state index is -0.325. The van der Waals surface area contributed by atoms with Crippen LogP contribution in [0.25, 0.3) is 11.1 Å². The molecule has 0 aliphatic rings. The Morgan fingerprint density at radius 2 is 1.94 bits per heavy atom. The molecule has 0 bridgehead atoms. The maximum absolute atomic E-state index is 13.2. The maximum Gasteiger partial charge on any atom is 0.133 e. The van der Waals surface area contributed by atoms with Crippen molar-refractivity contribution in [2.24, 2.45) is 0 Å². The highest BCUT2D eigenvalue weighted by atomic mass is 19.1. The summed E-state index contributed by atoms with van der Waals surface area (Å²) in [5.41, 5.74) is 2.53. The molecule has 0 spiro atoms. The molecule has 0 aliphatic carbocycles. The van der Waals surface area contributed by atoms with E-state index in [9.17, 15) is 9.50 Å². The zero-order chi connectivity index (χ0) is 12.4. The third-order valence-corrected chi connectivity index (χ3v) is 2.63. The van der Waals surface area contributed by atoms with E-state index in [1.54, 1.807) is 12.1 Å². The van der Waals surface area contributed by atoms with Crippen molar-refractivity contribution in [3.8, 4) is 22.9 Å². The fourth-order valence-electron chi connectivity index (χ4n) is 1.70. The van der Waals surface area contributed by atoms with Gasteiger partial charge in [-0.2, -0.15) is 5.26 Å². The topological polar surface area (TPSA) is 44.0 Å². The molecule has 0 aliphatic heterocycles. The first-order valence-electron chi connectivity index (χ1n) is 5.11. The average Bonchev–Trinajstić information content (AvgIpc) is 2.32. The Labute approximate surface area is 98.6 Å². The van der Waals surface area contributed by atoms with Gasteiger partial charge in [0.15, 0.2) is 0 Å². The predicted octanol–water partition coefficient (Wildman–Crippen LogP) is 3.38. The second kappa shape index (κ2) is 4.26. The lowest BCUT2D eigenvalue weighted by atomic mass is 9.99. The van der Waals surface area contributed by atoms with Crippen LogP contribution in [0.4, 0.5) is 4.39 Å². The number of benzene rings is 2. The molecule has 0 fully saturated rings. The molecule has 17 heavy (non-hydrogen) atoms. The second-order valence-corrected chi connectivity index (χ2v) is 3.80. The monoisotopic (exact) mass is 227 g/mol. The van der Waals surface area contributed by atoms with E-state index in [-0.39, 0.29) is 17.1 Å². The maximum atomic E-state index is 13.2. The Morgan fingerprint density at radius 3 is 2.59 bits per heavy atom. The number of hydrogen-bond donors (Lipinski definition) is 1. The van der Waals surface area contributed by atoms with Crippen molar-refractivity contribution in [3.05, 3.63) is 53.3 Å². The molecule has 0 aromatic heterocycles. The molecule has 0 radical (unpaired) electrons. The molecule has 0 saturated carbocycles. The van der Waals surface area contributed by atoms with Crippen molar-refractivity contribution < 1.29 is 9.50 Å². The molecule has 0 atom stereocenters. The number of aromatic hydroxyl groups is 1. The lowest BCUT2D eigenvalue weighted by Crippen LogP contribution is -1.86. The van der Waals surface area contributed by atoms with Crippen molar-refractivity contribution >= 4 is 0 Å². The third kappa shape index (κ3) is 2.11. The predicted molar refractivity (Wildman–Crippen MR) is 63.0 cm³/mol. The van der Waals surface area contributed by atoms with E-state index >= 15 is 0 Å². The van der Waals surface area contributed by atoms with Crippen LogP contribution in [0, 0.1) is 24.1 Å². The second-order valence-electron chi connectivity index (χ2n) is 3.80. The van der Waals surface area contributed by atoms with E-state index in [1.165, 1.54) is 24.3 Å². The summed E-state index contributed by atoms with van der Waals surface area (Å²) in [6.07, 6.45) is 0. The fourth-order valence-corrected chi connectivity index (χ4v) is 1.70. The summed E-state index contributed by atoms with van der Waals surface area (Å²) in [6.45, 7) is 1.87. The summed E-state index contributed by atoms with van der Waals surface area (Å²) < 4.78 is 13.2. The Hall–Kier alpha value is -2.34. The summed E-state index contributed by atoms with van der Waals surface area (Å²) in [5, 5.41) is 18.3. The van der Waals surface area contributed by atoms with Crippen LogP contribution in [0.3, 0.4) is 0 Å². The van der Waals surface area contributed by atoms with E-state index in [4.69, 9.17) is 5.26 Å². The molecule has 2 nitrogen and oxygen atoms in total. The first-order chi connectivity index (χ1) is 8.11. The van der Waals surface area contributed by atoms with Gasteiger partial charge in [0.2, 0.25) is 0 Å². The number of phenolic OH excluding ortho intramolecular Hbond substituents is 1. The summed E-state index contributed by atoms with van der Waals surface area (Å²) in [4.78, 5) is 0. The third-order valence-electron chi connectivity index (χ3n) is 2.63. The SMILES string of the molecule is Cc1ccc(F)cc1-c1ccc(C#N)c(O)c1. The van der Waals surface area contributed by atoms with Gasteiger partial charge in [-0.05, 0) is 47.9 Å². The van der Waals surface area contributed by atoms with Crippen LogP contribution >= 0.6 is 0 Å². The Balaban J connectivity index is 2.58. The highest BCUT2D eigenvalue weighted by Crippen LogP contribution is 2.28. The van der Waals surface area contributed by atoms with Gasteiger partial charge in [0.1, 0.15) is 17.6 Å². The van der Waals surface area contributed by atoms with Gasteiger partial charge in [0.25, 0.3) is 0 Å². The van der Waals surface area contributed by atoms with Gasteiger partial charge in [-0.15, -0.1) is 0 Å². The summed E-state index contributed by atoms with van der Waals surface area (Å²) in [5.74, 6) is -0.414. The zero-order valence-corrected chi connectivity index (χ0v) is 9.24. The van der Waals surface area contributed by atoms with E-state index in [1.807, 2.05) is 13.0 Å². The number of hydrogen-bond acceptors (Lipinski definition) is 2. The lowest BCUT2D eigenvalue weighted by Gasteiger charge is -2.07. The number of phenols is 1. The van der Waals surface area contributed by atoms with Crippen LogP contribution in [-0.2, 0) is 0 Å². The minimum Gasteiger partial charge on any atom is -0.507 e. The van der Waals surface area contributed by atoms with E-state index in [0.717, 1.165) is 5.56 Å². The molecular weight excluding hydrogens is 217 g/mol. The van der Waals surface area contributed by atoms with Crippen LogP contribution in [0.5, 0.6) is 5.75 Å². The molecule has 0 heterocycles. The van der Waals surface area contributed by atoms with Gasteiger partial charge in [-0.3, -0.25) is 0 Å². The molecule has 3 heteroatoms.